The van der Waals surface area contributed by atoms with Crippen LogP contribution in [0.1, 0.15) is 33.6 Å². The van der Waals surface area contributed by atoms with Crippen molar-refractivity contribution in [2.45, 2.75) is 26.7 Å². The lowest BCUT2D eigenvalue weighted by Crippen LogP contribution is -2.47. The average molecular weight is 348 g/mol. The third kappa shape index (κ3) is 2.62. The lowest BCUT2D eigenvalue weighted by Gasteiger charge is -2.41. The molecule has 2 amide bonds. The third-order valence-corrected chi connectivity index (χ3v) is 6.33. The van der Waals surface area contributed by atoms with Crippen molar-refractivity contribution in [1.82, 2.24) is 0 Å². The van der Waals surface area contributed by atoms with Gasteiger partial charge in [0.2, 0.25) is 5.91 Å². The molecule has 2 bridgehead atoms. The van der Waals surface area contributed by atoms with E-state index in [2.05, 4.69) is 5.32 Å². The fourth-order valence-electron chi connectivity index (χ4n) is 3.90. The predicted octanol–water partition coefficient (Wildman–Crippen LogP) is 2.32. The number of rotatable bonds is 4. The molecule has 128 valence electrons. The first-order valence-corrected chi connectivity index (χ1v) is 8.74. The molecular weight excluding hydrogens is 328 g/mol. The molecule has 6 nitrogen and oxygen atoms in total. The van der Waals surface area contributed by atoms with Crippen LogP contribution in [0.2, 0.25) is 0 Å². The first-order chi connectivity index (χ1) is 11.3. The second kappa shape index (κ2) is 6.05. The van der Waals surface area contributed by atoms with Gasteiger partial charge in [-0.2, -0.15) is 0 Å². The Labute approximate surface area is 143 Å². The van der Waals surface area contributed by atoms with Crippen LogP contribution in [-0.2, 0) is 9.59 Å². The van der Waals surface area contributed by atoms with Gasteiger partial charge in [-0.1, -0.05) is 12.2 Å². The Morgan fingerprint density at radius 2 is 1.75 bits per heavy atom. The second-order valence-corrected chi connectivity index (χ2v) is 7.75. The van der Waals surface area contributed by atoms with E-state index in [-0.39, 0.29) is 17.7 Å². The number of carbonyl (C=O) groups excluding carboxylic acids is 2. The number of thiophene rings is 1. The largest absolute Gasteiger partial charge is 0.481 e. The van der Waals surface area contributed by atoms with Crippen LogP contribution in [0.4, 0.5) is 5.00 Å². The number of carboxylic acid groups (broad SMARTS) is 1. The zero-order valence-electron chi connectivity index (χ0n) is 13.5. The molecule has 1 fully saturated rings. The predicted molar refractivity (Wildman–Crippen MR) is 90.9 cm³/mol. The maximum Gasteiger partial charge on any atom is 0.307 e. The van der Waals surface area contributed by atoms with Gasteiger partial charge in [-0.25, -0.2) is 0 Å². The molecule has 24 heavy (non-hydrogen) atoms. The standard InChI is InChI=1S/C17H20N2O4S/c1-7-8(2)24-16(11(7)14(18)20)19-15(21)12-9-3-5-10(6-4-9)13(12)17(22)23/h3,5,9-10,12-13H,4,6H2,1-2H3,(H2,18,20)(H,19,21)(H,22,23)/t9-,10-,12+,13-/m0/s1. The van der Waals surface area contributed by atoms with E-state index < -0.39 is 23.7 Å². The number of amides is 2. The third-order valence-electron chi connectivity index (χ3n) is 5.20. The maximum atomic E-state index is 12.8. The Morgan fingerprint density at radius 3 is 2.25 bits per heavy atom. The van der Waals surface area contributed by atoms with Gasteiger partial charge < -0.3 is 16.2 Å². The number of aliphatic carboxylic acids is 1. The van der Waals surface area contributed by atoms with Gasteiger partial charge in [-0.3, -0.25) is 14.4 Å². The maximum absolute atomic E-state index is 12.8. The van der Waals surface area contributed by atoms with E-state index in [4.69, 9.17) is 5.73 Å². The van der Waals surface area contributed by atoms with Gasteiger partial charge in [0.1, 0.15) is 5.00 Å². The molecule has 1 aromatic heterocycles. The molecule has 0 unspecified atom stereocenters. The van der Waals surface area contributed by atoms with Crippen LogP contribution in [-0.4, -0.2) is 22.9 Å². The summed E-state index contributed by atoms with van der Waals surface area (Å²) in [6.07, 6.45) is 5.49. The first kappa shape index (κ1) is 16.7. The number of carboxylic acids is 1. The van der Waals surface area contributed by atoms with E-state index in [9.17, 15) is 19.5 Å². The SMILES string of the molecule is Cc1sc(NC(=O)[C@H]2[C@@H](C(=O)O)[C@H]3C=C[C@H]2CC3)c(C(N)=O)c1C. The van der Waals surface area contributed by atoms with Gasteiger partial charge in [0.15, 0.2) is 0 Å². The topological polar surface area (TPSA) is 109 Å². The van der Waals surface area contributed by atoms with Gasteiger partial charge in [0, 0.05) is 4.88 Å². The Balaban J connectivity index is 1.90. The van der Waals surface area contributed by atoms with Crippen LogP contribution in [0, 0.1) is 37.5 Å². The van der Waals surface area contributed by atoms with Crippen LogP contribution in [0.15, 0.2) is 12.2 Å². The van der Waals surface area contributed by atoms with Gasteiger partial charge in [0.25, 0.3) is 5.91 Å². The van der Waals surface area contributed by atoms with Crippen molar-refractivity contribution in [1.29, 1.82) is 0 Å². The highest BCUT2D eigenvalue weighted by molar-refractivity contribution is 7.16. The van der Waals surface area contributed by atoms with Crippen molar-refractivity contribution in [2.24, 2.45) is 29.4 Å². The van der Waals surface area contributed by atoms with Crippen molar-refractivity contribution in [3.63, 3.8) is 0 Å². The zero-order chi connectivity index (χ0) is 17.6. The first-order valence-electron chi connectivity index (χ1n) is 7.93. The van der Waals surface area contributed by atoms with Gasteiger partial charge in [-0.15, -0.1) is 11.3 Å². The molecule has 0 spiro atoms. The summed E-state index contributed by atoms with van der Waals surface area (Å²) in [4.78, 5) is 37.1. The fourth-order valence-corrected chi connectivity index (χ4v) is 4.96. The van der Waals surface area contributed by atoms with E-state index in [0.717, 1.165) is 23.3 Å². The molecule has 1 heterocycles. The highest BCUT2D eigenvalue weighted by Crippen LogP contribution is 2.45. The smallest absolute Gasteiger partial charge is 0.307 e. The van der Waals surface area contributed by atoms with Crippen LogP contribution in [0.5, 0.6) is 0 Å². The number of aryl methyl sites for hydroxylation is 1. The lowest BCUT2D eigenvalue weighted by atomic mass is 9.62. The Kier molecular flexibility index (Phi) is 4.21. The number of primary amides is 1. The summed E-state index contributed by atoms with van der Waals surface area (Å²) in [5.41, 5.74) is 6.50. The summed E-state index contributed by atoms with van der Waals surface area (Å²) in [5.74, 6) is -3.39. The number of nitrogens with two attached hydrogens (primary N) is 1. The van der Waals surface area contributed by atoms with Crippen molar-refractivity contribution in [2.75, 3.05) is 5.32 Å². The molecule has 0 aromatic carbocycles. The van der Waals surface area contributed by atoms with E-state index in [1.807, 2.05) is 19.1 Å². The number of carbonyl (C=O) groups is 3. The molecule has 4 rings (SSSR count). The molecule has 4 N–H and O–H groups in total. The Bertz CT molecular complexity index is 752. The Morgan fingerprint density at radius 1 is 1.17 bits per heavy atom. The Hall–Kier alpha value is -2.15. The minimum atomic E-state index is -0.942. The molecule has 0 radical (unpaired) electrons. The lowest BCUT2D eigenvalue weighted by molar-refractivity contribution is -0.151. The van der Waals surface area contributed by atoms with Crippen LogP contribution < -0.4 is 11.1 Å². The van der Waals surface area contributed by atoms with Gasteiger partial charge >= 0.3 is 5.97 Å². The summed E-state index contributed by atoms with van der Waals surface area (Å²) in [7, 11) is 0. The number of anilines is 1. The summed E-state index contributed by atoms with van der Waals surface area (Å²) in [6.45, 7) is 3.64. The molecular formula is C17H20N2O4S. The number of hydrogen-bond donors (Lipinski definition) is 3. The second-order valence-electron chi connectivity index (χ2n) is 6.52. The van der Waals surface area contributed by atoms with E-state index >= 15 is 0 Å². The van der Waals surface area contributed by atoms with Crippen molar-refractivity contribution < 1.29 is 19.5 Å². The van der Waals surface area contributed by atoms with Crippen LogP contribution in [0.25, 0.3) is 0 Å². The highest BCUT2D eigenvalue weighted by Gasteiger charge is 2.48. The molecule has 7 heteroatoms. The summed E-state index contributed by atoms with van der Waals surface area (Å²) in [5, 5.41) is 12.7. The number of hydrogen-bond acceptors (Lipinski definition) is 4. The van der Waals surface area contributed by atoms with E-state index in [1.54, 1.807) is 6.92 Å². The minimum absolute atomic E-state index is 0.0738. The highest BCUT2D eigenvalue weighted by atomic mass is 32.1. The molecule has 3 aliphatic carbocycles. The molecule has 4 atom stereocenters. The summed E-state index contributed by atoms with van der Waals surface area (Å²) in [6, 6.07) is 0. The number of fused-ring (bicyclic) bond motifs is 2. The molecule has 1 saturated carbocycles. The zero-order valence-corrected chi connectivity index (χ0v) is 14.4. The van der Waals surface area contributed by atoms with Crippen LogP contribution >= 0.6 is 11.3 Å². The summed E-state index contributed by atoms with van der Waals surface area (Å²) < 4.78 is 0. The normalized spacial score (nSPS) is 27.9. The van der Waals surface area contributed by atoms with Crippen molar-refractivity contribution in [3.05, 3.63) is 28.2 Å². The minimum Gasteiger partial charge on any atom is -0.481 e. The fraction of sp³-hybridized carbons (Fsp3) is 0.471. The van der Waals surface area contributed by atoms with Gasteiger partial charge in [0.05, 0.1) is 17.4 Å². The van der Waals surface area contributed by atoms with Crippen molar-refractivity contribution in [3.8, 4) is 0 Å². The molecule has 1 aromatic rings. The molecule has 3 aliphatic rings. The quantitative estimate of drug-likeness (QED) is 0.725. The van der Waals surface area contributed by atoms with Crippen molar-refractivity contribution >= 4 is 34.1 Å². The molecule has 0 aliphatic heterocycles. The van der Waals surface area contributed by atoms with E-state index in [0.29, 0.717) is 10.6 Å². The van der Waals surface area contributed by atoms with Crippen LogP contribution in [0.3, 0.4) is 0 Å². The van der Waals surface area contributed by atoms with Gasteiger partial charge in [-0.05, 0) is 44.1 Å². The average Bonchev–Trinajstić information content (AvgIpc) is 2.81. The summed E-state index contributed by atoms with van der Waals surface area (Å²) >= 11 is 1.29. The number of allylic oxidation sites excluding steroid dienone is 2. The molecule has 0 saturated heterocycles. The monoisotopic (exact) mass is 348 g/mol. The van der Waals surface area contributed by atoms with E-state index in [1.165, 1.54) is 11.3 Å². The number of nitrogens with one attached hydrogen (secondary N) is 1.